The summed E-state index contributed by atoms with van der Waals surface area (Å²) in [7, 11) is 0. The zero-order valence-electron chi connectivity index (χ0n) is 19.6. The maximum absolute atomic E-state index is 13.9. The number of carbonyl (C=O) groups is 6. The summed E-state index contributed by atoms with van der Waals surface area (Å²) in [6.07, 6.45) is -0.615. The molecule has 0 bridgehead atoms. The minimum absolute atomic E-state index is 0.0527. The largest absolute Gasteiger partial charge is 0.508 e. The number of anilines is 2. The van der Waals surface area contributed by atoms with Gasteiger partial charge in [0.2, 0.25) is 5.91 Å². The molecule has 0 aliphatic carbocycles. The van der Waals surface area contributed by atoms with Crippen molar-refractivity contribution in [2.45, 2.75) is 25.4 Å². The van der Waals surface area contributed by atoms with Crippen LogP contribution in [0.25, 0.3) is 0 Å². The SMILES string of the molecule is CC(=O)N([C@H](C=O)CC(=O)O)N1C(=O)[C@@H](NC(=O)c2ccc(O)cc2)CN(C(=O)CO)c2ccccc21. The molecule has 0 saturated carbocycles. The quantitative estimate of drug-likeness (QED) is 0.344. The molecule has 0 fully saturated rings. The monoisotopic (exact) mass is 512 g/mol. The molecule has 0 aromatic heterocycles. The van der Waals surface area contributed by atoms with Gasteiger partial charge in [0.25, 0.3) is 17.7 Å². The molecular weight excluding hydrogens is 488 g/mol. The number of phenolic OH excluding ortho intramolecular Hbond substituents is 1. The van der Waals surface area contributed by atoms with Crippen LogP contribution in [-0.4, -0.2) is 81.4 Å². The van der Waals surface area contributed by atoms with E-state index in [1.807, 2.05) is 0 Å². The van der Waals surface area contributed by atoms with Gasteiger partial charge in [-0.05, 0) is 36.4 Å². The molecule has 4 N–H and O–H groups in total. The van der Waals surface area contributed by atoms with E-state index in [2.05, 4.69) is 5.32 Å². The molecule has 0 spiro atoms. The number of carboxylic acids is 1. The summed E-state index contributed by atoms with van der Waals surface area (Å²) in [5, 5.41) is 32.2. The normalized spacial score (nSPS) is 15.7. The highest BCUT2D eigenvalue weighted by molar-refractivity contribution is 6.10. The van der Waals surface area contributed by atoms with Crippen LogP contribution in [0.3, 0.4) is 0 Å². The fourth-order valence-electron chi connectivity index (χ4n) is 3.90. The van der Waals surface area contributed by atoms with Gasteiger partial charge in [-0.15, -0.1) is 0 Å². The van der Waals surface area contributed by atoms with Crippen LogP contribution < -0.4 is 15.2 Å². The van der Waals surface area contributed by atoms with Crippen molar-refractivity contribution in [2.75, 3.05) is 23.1 Å². The molecule has 1 aliphatic rings. The molecule has 0 radical (unpaired) electrons. The Morgan fingerprint density at radius 2 is 1.73 bits per heavy atom. The molecule has 1 aliphatic heterocycles. The number of rotatable bonds is 8. The number of hydrogen-bond donors (Lipinski definition) is 4. The van der Waals surface area contributed by atoms with E-state index in [1.54, 1.807) is 0 Å². The van der Waals surface area contributed by atoms with E-state index in [-0.39, 0.29) is 29.0 Å². The van der Waals surface area contributed by atoms with Crippen LogP contribution >= 0.6 is 0 Å². The fraction of sp³-hybridized carbons (Fsp3) is 0.250. The Kier molecular flexibility index (Phi) is 8.19. The maximum Gasteiger partial charge on any atom is 0.305 e. The van der Waals surface area contributed by atoms with Crippen LogP contribution in [0.5, 0.6) is 5.75 Å². The molecule has 13 heteroatoms. The van der Waals surface area contributed by atoms with Crippen molar-refractivity contribution < 1.29 is 44.1 Å². The third-order valence-electron chi connectivity index (χ3n) is 5.54. The van der Waals surface area contributed by atoms with Gasteiger partial charge in [0.15, 0.2) is 0 Å². The van der Waals surface area contributed by atoms with Crippen molar-refractivity contribution in [3.05, 3.63) is 54.1 Å². The molecule has 2 atom stereocenters. The van der Waals surface area contributed by atoms with Gasteiger partial charge in [0.05, 0.1) is 24.3 Å². The van der Waals surface area contributed by atoms with Gasteiger partial charge < -0.3 is 30.3 Å². The molecule has 194 valence electrons. The number of aliphatic hydroxyl groups is 1. The number of hydrazine groups is 1. The van der Waals surface area contributed by atoms with Crippen LogP contribution in [0, 0.1) is 0 Å². The van der Waals surface area contributed by atoms with Gasteiger partial charge in [-0.25, -0.2) is 10.0 Å². The molecule has 3 rings (SSSR count). The highest BCUT2D eigenvalue weighted by atomic mass is 16.4. The number of benzene rings is 2. The Hall–Kier alpha value is -4.78. The van der Waals surface area contributed by atoms with Gasteiger partial charge in [-0.1, -0.05) is 12.1 Å². The lowest BCUT2D eigenvalue weighted by atomic mass is 10.1. The summed E-state index contributed by atoms with van der Waals surface area (Å²) in [6, 6.07) is 7.83. The van der Waals surface area contributed by atoms with Crippen molar-refractivity contribution >= 4 is 47.3 Å². The number of aliphatic hydroxyl groups excluding tert-OH is 1. The van der Waals surface area contributed by atoms with Gasteiger partial charge in [0.1, 0.15) is 30.7 Å². The number of aromatic hydroxyl groups is 1. The van der Waals surface area contributed by atoms with Crippen molar-refractivity contribution in [1.29, 1.82) is 0 Å². The van der Waals surface area contributed by atoms with E-state index in [4.69, 9.17) is 0 Å². The van der Waals surface area contributed by atoms with Gasteiger partial charge >= 0.3 is 5.97 Å². The predicted molar refractivity (Wildman–Crippen MR) is 127 cm³/mol. The van der Waals surface area contributed by atoms with Crippen LogP contribution in [0.4, 0.5) is 11.4 Å². The second-order valence-corrected chi connectivity index (χ2v) is 8.04. The number of amides is 4. The van der Waals surface area contributed by atoms with Crippen molar-refractivity contribution in [1.82, 2.24) is 10.3 Å². The number of phenols is 1. The fourth-order valence-corrected chi connectivity index (χ4v) is 3.90. The number of hydrogen-bond acceptors (Lipinski definition) is 8. The number of carboxylic acid groups (broad SMARTS) is 1. The first-order valence-corrected chi connectivity index (χ1v) is 11.0. The second kappa shape index (κ2) is 11.3. The molecule has 0 unspecified atom stereocenters. The zero-order valence-corrected chi connectivity index (χ0v) is 19.6. The number of aldehydes is 1. The van der Waals surface area contributed by atoms with Crippen molar-refractivity contribution in [2.24, 2.45) is 0 Å². The molecule has 2 aromatic carbocycles. The van der Waals surface area contributed by atoms with Crippen LogP contribution in [0.15, 0.2) is 48.5 Å². The summed E-state index contributed by atoms with van der Waals surface area (Å²) >= 11 is 0. The number of fused-ring (bicyclic) bond motifs is 1. The second-order valence-electron chi connectivity index (χ2n) is 8.04. The summed E-state index contributed by atoms with van der Waals surface area (Å²) in [4.78, 5) is 76.4. The third-order valence-corrected chi connectivity index (χ3v) is 5.54. The van der Waals surface area contributed by atoms with E-state index < -0.39 is 61.3 Å². The zero-order chi connectivity index (χ0) is 27.3. The first-order valence-electron chi connectivity index (χ1n) is 11.0. The van der Waals surface area contributed by atoms with Crippen molar-refractivity contribution in [3.63, 3.8) is 0 Å². The standard InChI is InChI=1S/C24H24N4O9/c1-14(31)27(16(12-29)10-22(34)35)28-20-5-3-2-4-19(20)26(21(33)13-30)11-18(24(28)37)25-23(36)15-6-8-17(32)9-7-15/h2-9,12,16,18,30,32H,10-11,13H2,1H3,(H,25,36)(H,34,35)/t16-,18-/m0/s1. The molecule has 2 aromatic rings. The average Bonchev–Trinajstić information content (AvgIpc) is 2.98. The lowest BCUT2D eigenvalue weighted by Gasteiger charge is -2.38. The number of aliphatic carboxylic acids is 1. The molecule has 37 heavy (non-hydrogen) atoms. The van der Waals surface area contributed by atoms with E-state index in [0.29, 0.717) is 5.01 Å². The Morgan fingerprint density at radius 1 is 1.11 bits per heavy atom. The van der Waals surface area contributed by atoms with Gasteiger partial charge in [-0.3, -0.25) is 24.0 Å². The minimum atomic E-state index is -1.60. The topological polar surface area (TPSA) is 185 Å². The first-order chi connectivity index (χ1) is 17.6. The highest BCUT2D eigenvalue weighted by Gasteiger charge is 2.42. The lowest BCUT2D eigenvalue weighted by Crippen LogP contribution is -2.61. The van der Waals surface area contributed by atoms with Gasteiger partial charge in [0, 0.05) is 12.5 Å². The van der Waals surface area contributed by atoms with E-state index >= 15 is 0 Å². The van der Waals surface area contributed by atoms with Crippen LogP contribution in [-0.2, 0) is 24.0 Å². The van der Waals surface area contributed by atoms with Crippen LogP contribution in [0.2, 0.25) is 0 Å². The van der Waals surface area contributed by atoms with Gasteiger partial charge in [-0.2, -0.15) is 0 Å². The molecule has 13 nitrogen and oxygen atoms in total. The summed E-state index contributed by atoms with van der Waals surface area (Å²) in [5.74, 6) is -4.88. The Bertz CT molecular complexity index is 1230. The third kappa shape index (κ3) is 5.73. The molecule has 1 heterocycles. The molecule has 4 amide bonds. The van der Waals surface area contributed by atoms with E-state index in [1.165, 1.54) is 48.5 Å². The average molecular weight is 512 g/mol. The molecule has 0 saturated heterocycles. The molecular formula is C24H24N4O9. The Morgan fingerprint density at radius 3 is 2.27 bits per heavy atom. The number of nitrogens with one attached hydrogen (secondary N) is 1. The van der Waals surface area contributed by atoms with E-state index in [0.717, 1.165) is 16.8 Å². The summed E-state index contributed by atoms with van der Waals surface area (Å²) < 4.78 is 0. The van der Waals surface area contributed by atoms with E-state index in [9.17, 15) is 44.1 Å². The summed E-state index contributed by atoms with van der Waals surface area (Å²) in [5.41, 5.74) is 0.0876. The number of nitrogens with zero attached hydrogens (tertiary/aromatic N) is 3. The Labute approximate surface area is 210 Å². The highest BCUT2D eigenvalue weighted by Crippen LogP contribution is 2.35. The lowest BCUT2D eigenvalue weighted by molar-refractivity contribution is -0.145. The van der Waals surface area contributed by atoms with Crippen molar-refractivity contribution in [3.8, 4) is 5.75 Å². The first kappa shape index (κ1) is 26.8. The number of para-hydroxylation sites is 2. The smallest absolute Gasteiger partial charge is 0.305 e. The summed E-state index contributed by atoms with van der Waals surface area (Å²) in [6.45, 7) is -0.362. The maximum atomic E-state index is 13.9. The predicted octanol–water partition coefficient (Wildman–Crippen LogP) is -0.332. The number of carbonyl (C=O) groups excluding carboxylic acids is 5. The minimum Gasteiger partial charge on any atom is -0.508 e. The van der Waals surface area contributed by atoms with Crippen LogP contribution in [0.1, 0.15) is 23.7 Å². The Balaban J connectivity index is 2.16.